The molecular formula is C21H18ClNO4. The van der Waals surface area contributed by atoms with Crippen molar-refractivity contribution in [1.29, 1.82) is 0 Å². The van der Waals surface area contributed by atoms with Gasteiger partial charge in [0.15, 0.2) is 5.76 Å². The standard InChI is InChI=1S/C21H18ClNO4/c1-13-9-10-15(12-18(13)23-20(24)19-8-5-11-26-19)21(25)27-14(2)16-6-3-4-7-17(16)22/h3-12,14H,1-2H3,(H,23,24)/t14-/m0/s1. The Bertz CT molecular complexity index is 966. The van der Waals surface area contributed by atoms with E-state index in [9.17, 15) is 9.59 Å². The second kappa shape index (κ2) is 8.10. The van der Waals surface area contributed by atoms with Gasteiger partial charge in [-0.25, -0.2) is 4.79 Å². The van der Waals surface area contributed by atoms with Crippen LogP contribution in [0.25, 0.3) is 0 Å². The van der Waals surface area contributed by atoms with Crippen LogP contribution in [-0.2, 0) is 4.74 Å². The molecule has 1 heterocycles. The highest BCUT2D eigenvalue weighted by Crippen LogP contribution is 2.26. The van der Waals surface area contributed by atoms with E-state index in [4.69, 9.17) is 20.8 Å². The van der Waals surface area contributed by atoms with Gasteiger partial charge < -0.3 is 14.5 Å². The van der Waals surface area contributed by atoms with Gasteiger partial charge in [-0.05, 0) is 49.7 Å². The van der Waals surface area contributed by atoms with E-state index in [2.05, 4.69) is 5.32 Å². The molecule has 2 aromatic carbocycles. The Kier molecular flexibility index (Phi) is 5.62. The van der Waals surface area contributed by atoms with Crippen molar-refractivity contribution in [2.24, 2.45) is 0 Å². The average Bonchev–Trinajstić information content (AvgIpc) is 3.18. The first-order valence-corrected chi connectivity index (χ1v) is 8.74. The number of nitrogens with one attached hydrogen (secondary N) is 1. The third-order valence-corrected chi connectivity index (χ3v) is 4.44. The van der Waals surface area contributed by atoms with E-state index >= 15 is 0 Å². The Morgan fingerprint density at radius 3 is 2.59 bits per heavy atom. The van der Waals surface area contributed by atoms with Gasteiger partial charge >= 0.3 is 5.97 Å². The van der Waals surface area contributed by atoms with Gasteiger partial charge in [-0.2, -0.15) is 0 Å². The third-order valence-electron chi connectivity index (χ3n) is 4.09. The number of rotatable bonds is 5. The van der Waals surface area contributed by atoms with Gasteiger partial charge in [-0.3, -0.25) is 4.79 Å². The van der Waals surface area contributed by atoms with Crippen LogP contribution in [0.15, 0.2) is 65.3 Å². The lowest BCUT2D eigenvalue weighted by molar-refractivity contribution is 0.0338. The van der Waals surface area contributed by atoms with E-state index in [1.54, 1.807) is 43.3 Å². The molecule has 6 heteroatoms. The number of esters is 1. The minimum atomic E-state index is -0.506. The molecule has 0 fully saturated rings. The average molecular weight is 384 g/mol. The van der Waals surface area contributed by atoms with Gasteiger partial charge in [0, 0.05) is 16.3 Å². The highest BCUT2D eigenvalue weighted by Gasteiger charge is 2.18. The molecule has 138 valence electrons. The van der Waals surface area contributed by atoms with E-state index in [-0.39, 0.29) is 5.76 Å². The molecule has 0 radical (unpaired) electrons. The van der Waals surface area contributed by atoms with E-state index in [1.807, 2.05) is 25.1 Å². The van der Waals surface area contributed by atoms with Crippen LogP contribution in [0.4, 0.5) is 5.69 Å². The number of aryl methyl sites for hydroxylation is 1. The van der Waals surface area contributed by atoms with Crippen LogP contribution >= 0.6 is 11.6 Å². The Morgan fingerprint density at radius 2 is 1.89 bits per heavy atom. The van der Waals surface area contributed by atoms with Gasteiger partial charge in [0.1, 0.15) is 6.10 Å². The van der Waals surface area contributed by atoms with Crippen molar-refractivity contribution in [3.05, 3.63) is 88.3 Å². The lowest BCUT2D eigenvalue weighted by Gasteiger charge is -2.16. The molecular weight excluding hydrogens is 366 g/mol. The van der Waals surface area contributed by atoms with Crippen molar-refractivity contribution in [3.63, 3.8) is 0 Å². The predicted molar refractivity (Wildman–Crippen MR) is 103 cm³/mol. The van der Waals surface area contributed by atoms with Gasteiger partial charge in [0.05, 0.1) is 11.8 Å². The zero-order chi connectivity index (χ0) is 19.4. The zero-order valence-corrected chi connectivity index (χ0v) is 15.6. The summed E-state index contributed by atoms with van der Waals surface area (Å²) in [5.41, 5.74) is 2.38. The lowest BCUT2D eigenvalue weighted by Crippen LogP contribution is -2.14. The van der Waals surface area contributed by atoms with Crippen LogP contribution in [-0.4, -0.2) is 11.9 Å². The van der Waals surface area contributed by atoms with Crippen LogP contribution in [0.2, 0.25) is 5.02 Å². The number of amides is 1. The number of anilines is 1. The van der Waals surface area contributed by atoms with Crippen LogP contribution in [0, 0.1) is 6.92 Å². The minimum Gasteiger partial charge on any atom is -0.459 e. The minimum absolute atomic E-state index is 0.190. The van der Waals surface area contributed by atoms with Crippen molar-refractivity contribution >= 4 is 29.2 Å². The van der Waals surface area contributed by atoms with Crippen LogP contribution in [0.3, 0.4) is 0 Å². The molecule has 27 heavy (non-hydrogen) atoms. The molecule has 0 saturated heterocycles. The Morgan fingerprint density at radius 1 is 1.11 bits per heavy atom. The SMILES string of the molecule is Cc1ccc(C(=O)O[C@@H](C)c2ccccc2Cl)cc1NC(=O)c1ccco1. The normalized spacial score (nSPS) is 11.7. The van der Waals surface area contributed by atoms with E-state index in [1.165, 1.54) is 6.26 Å². The molecule has 0 saturated carbocycles. The van der Waals surface area contributed by atoms with Crippen LogP contribution < -0.4 is 5.32 Å². The molecule has 0 bridgehead atoms. The summed E-state index contributed by atoms with van der Waals surface area (Å²) in [5, 5.41) is 3.28. The zero-order valence-electron chi connectivity index (χ0n) is 14.9. The molecule has 1 aromatic heterocycles. The van der Waals surface area contributed by atoms with Crippen molar-refractivity contribution in [3.8, 4) is 0 Å². The quantitative estimate of drug-likeness (QED) is 0.598. The third kappa shape index (κ3) is 4.38. The lowest BCUT2D eigenvalue weighted by atomic mass is 10.1. The van der Waals surface area contributed by atoms with E-state index in [0.717, 1.165) is 11.1 Å². The first kappa shape index (κ1) is 18.7. The van der Waals surface area contributed by atoms with E-state index in [0.29, 0.717) is 16.3 Å². The summed E-state index contributed by atoms with van der Waals surface area (Å²) in [4.78, 5) is 24.7. The summed E-state index contributed by atoms with van der Waals surface area (Å²) in [5.74, 6) is -0.705. The number of hydrogen-bond acceptors (Lipinski definition) is 4. The maximum absolute atomic E-state index is 12.5. The molecule has 1 atom stereocenters. The maximum Gasteiger partial charge on any atom is 0.338 e. The Hall–Kier alpha value is -3.05. The fraction of sp³-hybridized carbons (Fsp3) is 0.143. The maximum atomic E-state index is 12.5. The van der Waals surface area contributed by atoms with Crippen LogP contribution in [0.5, 0.6) is 0 Å². The highest BCUT2D eigenvalue weighted by molar-refractivity contribution is 6.31. The number of ether oxygens (including phenoxy) is 1. The van der Waals surface area contributed by atoms with Crippen molar-refractivity contribution in [1.82, 2.24) is 0 Å². The molecule has 0 aliphatic heterocycles. The monoisotopic (exact) mass is 383 g/mol. The summed E-state index contributed by atoms with van der Waals surface area (Å²) < 4.78 is 10.6. The molecule has 0 spiro atoms. The molecule has 0 unspecified atom stereocenters. The van der Waals surface area contributed by atoms with Crippen LogP contribution in [0.1, 0.15) is 45.1 Å². The van der Waals surface area contributed by atoms with Crippen molar-refractivity contribution in [2.45, 2.75) is 20.0 Å². The predicted octanol–water partition coefficient (Wildman–Crippen LogP) is 5.41. The Labute approximate surface area is 161 Å². The highest BCUT2D eigenvalue weighted by atomic mass is 35.5. The summed E-state index contributed by atoms with van der Waals surface area (Å²) in [7, 11) is 0. The fourth-order valence-corrected chi connectivity index (χ4v) is 2.86. The Balaban J connectivity index is 1.75. The molecule has 1 amide bonds. The fourth-order valence-electron chi connectivity index (χ4n) is 2.57. The number of halogens is 1. The molecule has 0 aliphatic carbocycles. The summed E-state index contributed by atoms with van der Waals surface area (Å²) in [6, 6.07) is 15.4. The second-order valence-electron chi connectivity index (χ2n) is 6.03. The van der Waals surface area contributed by atoms with Gasteiger partial charge in [0.2, 0.25) is 0 Å². The number of hydrogen-bond donors (Lipinski definition) is 1. The summed E-state index contributed by atoms with van der Waals surface area (Å²) in [6.07, 6.45) is 0.916. The van der Waals surface area contributed by atoms with Crippen molar-refractivity contribution in [2.75, 3.05) is 5.32 Å². The number of carbonyl (C=O) groups is 2. The number of carbonyl (C=O) groups excluding carboxylic acids is 2. The van der Waals surface area contributed by atoms with Gasteiger partial charge in [0.25, 0.3) is 5.91 Å². The number of benzene rings is 2. The topological polar surface area (TPSA) is 68.5 Å². The second-order valence-corrected chi connectivity index (χ2v) is 6.44. The smallest absolute Gasteiger partial charge is 0.338 e. The number of furan rings is 1. The summed E-state index contributed by atoms with van der Waals surface area (Å²) >= 11 is 6.15. The molecule has 3 aromatic rings. The van der Waals surface area contributed by atoms with Crippen molar-refractivity contribution < 1.29 is 18.7 Å². The first-order chi connectivity index (χ1) is 13.0. The molecule has 0 aliphatic rings. The summed E-state index contributed by atoms with van der Waals surface area (Å²) in [6.45, 7) is 3.59. The van der Waals surface area contributed by atoms with Gasteiger partial charge in [-0.15, -0.1) is 0 Å². The largest absolute Gasteiger partial charge is 0.459 e. The van der Waals surface area contributed by atoms with Gasteiger partial charge in [-0.1, -0.05) is 35.9 Å². The molecule has 5 nitrogen and oxygen atoms in total. The van der Waals surface area contributed by atoms with E-state index < -0.39 is 18.0 Å². The molecule has 1 N–H and O–H groups in total. The first-order valence-electron chi connectivity index (χ1n) is 8.36. The molecule has 3 rings (SSSR count).